The summed E-state index contributed by atoms with van der Waals surface area (Å²) in [4.78, 5) is 1.32. The van der Waals surface area contributed by atoms with Gasteiger partial charge in [0.25, 0.3) is 0 Å². The molecule has 1 atom stereocenters. The molecule has 0 bridgehead atoms. The van der Waals surface area contributed by atoms with Gasteiger partial charge in [0.15, 0.2) is 0 Å². The summed E-state index contributed by atoms with van der Waals surface area (Å²) < 4.78 is 1.17. The molecule has 0 unspecified atom stereocenters. The Balaban J connectivity index is 2.26. The molecule has 1 rings (SSSR count). The fourth-order valence-corrected chi connectivity index (χ4v) is 2.45. The number of thiophene rings is 1. The van der Waals surface area contributed by atoms with Gasteiger partial charge in [-0.15, -0.1) is 11.3 Å². The average Bonchev–Trinajstić information content (AvgIpc) is 2.49. The third-order valence-corrected chi connectivity index (χ3v) is 3.44. The van der Waals surface area contributed by atoms with Crippen LogP contribution in [0.2, 0.25) is 0 Å². The molecule has 0 saturated heterocycles. The molecule has 1 heterocycles. The lowest BCUT2D eigenvalue weighted by molar-refractivity contribution is 0.269. The molecule has 0 saturated carbocycles. The van der Waals surface area contributed by atoms with Crippen molar-refractivity contribution < 1.29 is 5.11 Å². The van der Waals surface area contributed by atoms with Gasteiger partial charge < -0.3 is 10.4 Å². The Hall–Kier alpha value is 0.1000. The number of halogens is 1. The standard InChI is InChI=1S/C9H14BrNOS/c1-7(4-5-12)11-6-8-2-3-9(10)13-8/h2-3,7,11-12H,4-6H2,1H3/t7-/m1/s1. The topological polar surface area (TPSA) is 32.3 Å². The molecule has 0 aliphatic rings. The van der Waals surface area contributed by atoms with E-state index in [1.165, 1.54) is 8.66 Å². The van der Waals surface area contributed by atoms with Crippen LogP contribution >= 0.6 is 27.3 Å². The van der Waals surface area contributed by atoms with Gasteiger partial charge in [0.05, 0.1) is 3.79 Å². The predicted molar refractivity (Wildman–Crippen MR) is 60.0 cm³/mol. The molecule has 2 nitrogen and oxygen atoms in total. The Bertz CT molecular complexity index is 252. The highest BCUT2D eigenvalue weighted by Crippen LogP contribution is 2.21. The van der Waals surface area contributed by atoms with Crippen molar-refractivity contribution in [2.24, 2.45) is 0 Å². The molecule has 1 aromatic rings. The van der Waals surface area contributed by atoms with Crippen LogP contribution in [0.1, 0.15) is 18.2 Å². The highest BCUT2D eigenvalue weighted by atomic mass is 79.9. The monoisotopic (exact) mass is 263 g/mol. The zero-order valence-corrected chi connectivity index (χ0v) is 9.99. The van der Waals surface area contributed by atoms with Crippen LogP contribution in [0.25, 0.3) is 0 Å². The maximum Gasteiger partial charge on any atom is 0.0701 e. The van der Waals surface area contributed by atoms with Crippen LogP contribution in [-0.2, 0) is 6.54 Å². The minimum absolute atomic E-state index is 0.252. The number of aliphatic hydroxyl groups excluding tert-OH is 1. The quantitative estimate of drug-likeness (QED) is 0.855. The van der Waals surface area contributed by atoms with Crippen LogP contribution in [0.4, 0.5) is 0 Å². The van der Waals surface area contributed by atoms with Gasteiger partial charge >= 0.3 is 0 Å². The first-order valence-corrected chi connectivity index (χ1v) is 5.92. The molecule has 0 spiro atoms. The number of hydrogen-bond acceptors (Lipinski definition) is 3. The summed E-state index contributed by atoms with van der Waals surface area (Å²) in [6.45, 7) is 3.22. The van der Waals surface area contributed by atoms with Crippen molar-refractivity contribution in [3.05, 3.63) is 20.8 Å². The molecular weight excluding hydrogens is 250 g/mol. The first-order chi connectivity index (χ1) is 6.22. The first kappa shape index (κ1) is 11.2. The van der Waals surface area contributed by atoms with Gasteiger partial charge in [-0.3, -0.25) is 0 Å². The molecule has 0 aliphatic heterocycles. The van der Waals surface area contributed by atoms with Gasteiger partial charge in [-0.25, -0.2) is 0 Å². The Morgan fingerprint density at radius 1 is 1.62 bits per heavy atom. The van der Waals surface area contributed by atoms with E-state index in [9.17, 15) is 0 Å². The molecule has 0 amide bonds. The summed E-state index contributed by atoms with van der Waals surface area (Å²) in [6.07, 6.45) is 0.812. The van der Waals surface area contributed by atoms with Crippen LogP contribution < -0.4 is 5.32 Å². The van der Waals surface area contributed by atoms with E-state index in [4.69, 9.17) is 5.11 Å². The SMILES string of the molecule is C[C@H](CCO)NCc1ccc(Br)s1. The summed E-state index contributed by atoms with van der Waals surface area (Å²) in [5, 5.41) is 12.0. The van der Waals surface area contributed by atoms with Gasteiger partial charge in [0.2, 0.25) is 0 Å². The number of aliphatic hydroxyl groups is 1. The third-order valence-electron chi connectivity index (χ3n) is 1.82. The van der Waals surface area contributed by atoms with Gasteiger partial charge in [-0.2, -0.15) is 0 Å². The second-order valence-electron chi connectivity index (χ2n) is 3.00. The highest BCUT2D eigenvalue weighted by molar-refractivity contribution is 9.11. The van der Waals surface area contributed by atoms with Crippen molar-refractivity contribution in [2.45, 2.75) is 25.9 Å². The fraction of sp³-hybridized carbons (Fsp3) is 0.556. The first-order valence-electron chi connectivity index (χ1n) is 4.31. The summed E-state index contributed by atoms with van der Waals surface area (Å²) in [5.74, 6) is 0. The molecule has 0 fully saturated rings. The lowest BCUT2D eigenvalue weighted by Gasteiger charge is -2.10. The Morgan fingerprint density at radius 3 is 2.92 bits per heavy atom. The van der Waals surface area contributed by atoms with Gasteiger partial charge in [0.1, 0.15) is 0 Å². The molecule has 0 radical (unpaired) electrons. The second kappa shape index (κ2) is 5.75. The largest absolute Gasteiger partial charge is 0.396 e. The van der Waals surface area contributed by atoms with E-state index in [2.05, 4.69) is 40.3 Å². The van der Waals surface area contributed by atoms with E-state index in [-0.39, 0.29) is 6.61 Å². The minimum Gasteiger partial charge on any atom is -0.396 e. The molecule has 4 heteroatoms. The summed E-state index contributed by atoms with van der Waals surface area (Å²) in [6, 6.07) is 4.54. The Morgan fingerprint density at radius 2 is 2.38 bits per heavy atom. The highest BCUT2D eigenvalue weighted by Gasteiger charge is 2.01. The molecule has 2 N–H and O–H groups in total. The maximum absolute atomic E-state index is 8.69. The zero-order valence-electron chi connectivity index (χ0n) is 7.59. The van der Waals surface area contributed by atoms with Crippen molar-refractivity contribution >= 4 is 27.3 Å². The van der Waals surface area contributed by atoms with Crippen molar-refractivity contribution in [1.82, 2.24) is 5.32 Å². The zero-order chi connectivity index (χ0) is 9.68. The van der Waals surface area contributed by atoms with Gasteiger partial charge in [0, 0.05) is 24.1 Å². The molecule has 74 valence electrons. The average molecular weight is 264 g/mol. The van der Waals surface area contributed by atoms with E-state index in [0.29, 0.717) is 6.04 Å². The third kappa shape index (κ3) is 4.22. The van der Waals surface area contributed by atoms with Crippen LogP contribution in [0.15, 0.2) is 15.9 Å². The van der Waals surface area contributed by atoms with Gasteiger partial charge in [-0.05, 0) is 41.4 Å². The van der Waals surface area contributed by atoms with Crippen LogP contribution in [0.3, 0.4) is 0 Å². The lowest BCUT2D eigenvalue weighted by atomic mass is 10.2. The van der Waals surface area contributed by atoms with Gasteiger partial charge in [-0.1, -0.05) is 0 Å². The Labute approximate surface area is 91.1 Å². The van der Waals surface area contributed by atoms with Crippen molar-refractivity contribution in [3.63, 3.8) is 0 Å². The fourth-order valence-electron chi connectivity index (χ4n) is 1.02. The number of hydrogen-bond donors (Lipinski definition) is 2. The molecular formula is C9H14BrNOS. The van der Waals surface area contributed by atoms with E-state index in [0.717, 1.165) is 13.0 Å². The molecule has 0 aliphatic carbocycles. The van der Waals surface area contributed by atoms with E-state index in [1.807, 2.05) is 0 Å². The maximum atomic E-state index is 8.69. The molecule has 0 aromatic carbocycles. The molecule has 13 heavy (non-hydrogen) atoms. The summed E-state index contributed by atoms with van der Waals surface area (Å²) in [5.41, 5.74) is 0. The van der Waals surface area contributed by atoms with Crippen molar-refractivity contribution in [3.8, 4) is 0 Å². The number of nitrogens with one attached hydrogen (secondary N) is 1. The summed E-state index contributed by atoms with van der Waals surface area (Å²) >= 11 is 5.16. The predicted octanol–water partition coefficient (Wildman–Crippen LogP) is 2.37. The van der Waals surface area contributed by atoms with Crippen molar-refractivity contribution in [1.29, 1.82) is 0 Å². The number of rotatable bonds is 5. The van der Waals surface area contributed by atoms with E-state index in [1.54, 1.807) is 11.3 Å². The second-order valence-corrected chi connectivity index (χ2v) is 5.55. The van der Waals surface area contributed by atoms with Crippen molar-refractivity contribution in [2.75, 3.05) is 6.61 Å². The minimum atomic E-state index is 0.252. The molecule has 1 aromatic heterocycles. The summed E-state index contributed by atoms with van der Waals surface area (Å²) in [7, 11) is 0. The van der Waals surface area contributed by atoms with E-state index < -0.39 is 0 Å². The van der Waals surface area contributed by atoms with Crippen LogP contribution in [0.5, 0.6) is 0 Å². The van der Waals surface area contributed by atoms with Crippen LogP contribution in [0, 0.1) is 0 Å². The normalized spacial score (nSPS) is 13.2. The van der Waals surface area contributed by atoms with E-state index >= 15 is 0 Å². The lowest BCUT2D eigenvalue weighted by Crippen LogP contribution is -2.25. The smallest absolute Gasteiger partial charge is 0.0701 e. The van der Waals surface area contributed by atoms with Crippen LogP contribution in [-0.4, -0.2) is 17.8 Å². The Kier molecular flexibility index (Phi) is 4.94.